The highest BCUT2D eigenvalue weighted by Gasteiger charge is 2.33. The standard InChI is InChI=1S/C19H19N3O2/c1-13-17(19(23)20-12-16-8-5-11-24-16)18(14-9-10-14)21-22(13)15-6-3-2-4-7-15/h2-8,11,14H,9-10,12H2,1H3,(H,20,23). The normalized spacial score (nSPS) is 13.9. The summed E-state index contributed by atoms with van der Waals surface area (Å²) < 4.78 is 7.15. The number of benzene rings is 1. The molecule has 0 atom stereocenters. The third kappa shape index (κ3) is 2.73. The second-order valence-electron chi connectivity index (χ2n) is 6.13. The summed E-state index contributed by atoms with van der Waals surface area (Å²) in [4.78, 5) is 12.8. The summed E-state index contributed by atoms with van der Waals surface area (Å²) in [5.74, 6) is 1.05. The highest BCUT2D eigenvalue weighted by Crippen LogP contribution is 2.42. The van der Waals surface area contributed by atoms with Gasteiger partial charge in [-0.05, 0) is 44.0 Å². The van der Waals surface area contributed by atoms with Crippen molar-refractivity contribution in [3.05, 3.63) is 71.4 Å². The molecule has 1 amide bonds. The molecule has 0 aliphatic heterocycles. The van der Waals surface area contributed by atoms with Crippen molar-refractivity contribution in [3.63, 3.8) is 0 Å². The number of hydrogen-bond donors (Lipinski definition) is 1. The summed E-state index contributed by atoms with van der Waals surface area (Å²) in [5, 5.41) is 7.68. The highest BCUT2D eigenvalue weighted by molar-refractivity contribution is 5.96. The molecule has 5 nitrogen and oxygen atoms in total. The van der Waals surface area contributed by atoms with Gasteiger partial charge in [-0.25, -0.2) is 4.68 Å². The summed E-state index contributed by atoms with van der Waals surface area (Å²) in [7, 11) is 0. The van der Waals surface area contributed by atoms with Crippen molar-refractivity contribution in [2.45, 2.75) is 32.2 Å². The molecule has 3 aromatic rings. The Morgan fingerprint density at radius 2 is 2.04 bits per heavy atom. The van der Waals surface area contributed by atoms with E-state index in [0.717, 1.165) is 35.7 Å². The molecule has 1 fully saturated rings. The molecule has 1 aliphatic rings. The SMILES string of the molecule is Cc1c(C(=O)NCc2ccco2)c(C2CC2)nn1-c1ccccc1. The molecule has 0 bridgehead atoms. The van der Waals surface area contributed by atoms with Gasteiger partial charge < -0.3 is 9.73 Å². The number of amides is 1. The Labute approximate surface area is 140 Å². The third-order valence-corrected chi connectivity index (χ3v) is 4.34. The zero-order chi connectivity index (χ0) is 16.5. The highest BCUT2D eigenvalue weighted by atomic mass is 16.3. The van der Waals surface area contributed by atoms with Gasteiger partial charge in [0.2, 0.25) is 0 Å². The summed E-state index contributed by atoms with van der Waals surface area (Å²) in [6.45, 7) is 2.33. The maximum Gasteiger partial charge on any atom is 0.255 e. The third-order valence-electron chi connectivity index (χ3n) is 4.34. The number of furan rings is 1. The van der Waals surface area contributed by atoms with E-state index >= 15 is 0 Å². The maximum absolute atomic E-state index is 12.8. The quantitative estimate of drug-likeness (QED) is 0.781. The molecule has 0 spiro atoms. The predicted molar refractivity (Wildman–Crippen MR) is 90.2 cm³/mol. The molecule has 0 unspecified atom stereocenters. The van der Waals surface area contributed by atoms with Gasteiger partial charge in [0.1, 0.15) is 5.76 Å². The molecular weight excluding hydrogens is 302 g/mol. The Kier molecular flexibility index (Phi) is 3.69. The van der Waals surface area contributed by atoms with Gasteiger partial charge in [-0.15, -0.1) is 0 Å². The van der Waals surface area contributed by atoms with Crippen molar-refractivity contribution in [2.24, 2.45) is 0 Å². The molecule has 24 heavy (non-hydrogen) atoms. The number of nitrogens with one attached hydrogen (secondary N) is 1. The average Bonchev–Trinajstić information content (AvgIpc) is 3.20. The molecule has 1 aliphatic carbocycles. The first-order valence-electron chi connectivity index (χ1n) is 8.19. The molecule has 0 saturated heterocycles. The Bertz CT molecular complexity index is 846. The first kappa shape index (κ1) is 14.8. The molecule has 122 valence electrons. The van der Waals surface area contributed by atoms with Gasteiger partial charge in [-0.1, -0.05) is 18.2 Å². The summed E-state index contributed by atoms with van der Waals surface area (Å²) >= 11 is 0. The van der Waals surface area contributed by atoms with E-state index in [4.69, 9.17) is 9.52 Å². The lowest BCUT2D eigenvalue weighted by atomic mass is 10.1. The van der Waals surface area contributed by atoms with Gasteiger partial charge in [0, 0.05) is 5.92 Å². The number of rotatable bonds is 5. The fraction of sp³-hybridized carbons (Fsp3) is 0.263. The van der Waals surface area contributed by atoms with Crippen LogP contribution in [-0.4, -0.2) is 15.7 Å². The number of nitrogens with zero attached hydrogens (tertiary/aromatic N) is 2. The molecule has 1 saturated carbocycles. The molecule has 1 N–H and O–H groups in total. The smallest absolute Gasteiger partial charge is 0.255 e. The number of carbonyl (C=O) groups is 1. The molecular formula is C19H19N3O2. The Balaban J connectivity index is 1.66. The van der Waals surface area contributed by atoms with E-state index in [1.807, 2.05) is 54.1 Å². The van der Waals surface area contributed by atoms with Crippen molar-refractivity contribution < 1.29 is 9.21 Å². The fourth-order valence-electron chi connectivity index (χ4n) is 2.94. The molecule has 1 aromatic carbocycles. The van der Waals surface area contributed by atoms with Gasteiger partial charge >= 0.3 is 0 Å². The minimum absolute atomic E-state index is 0.0898. The fourth-order valence-corrected chi connectivity index (χ4v) is 2.94. The van der Waals surface area contributed by atoms with E-state index in [1.165, 1.54) is 0 Å². The van der Waals surface area contributed by atoms with Crippen LogP contribution in [0.5, 0.6) is 0 Å². The summed E-state index contributed by atoms with van der Waals surface area (Å²) in [6.07, 6.45) is 3.81. The Morgan fingerprint density at radius 1 is 1.25 bits per heavy atom. The lowest BCUT2D eigenvalue weighted by molar-refractivity contribution is 0.0946. The number of para-hydroxylation sites is 1. The Hall–Kier alpha value is -2.82. The molecule has 4 rings (SSSR count). The van der Waals surface area contributed by atoms with Crippen LogP contribution in [0.4, 0.5) is 0 Å². The van der Waals surface area contributed by atoms with Crippen LogP contribution >= 0.6 is 0 Å². The minimum atomic E-state index is -0.0898. The molecule has 0 radical (unpaired) electrons. The van der Waals surface area contributed by atoms with Gasteiger partial charge in [0.05, 0.1) is 35.4 Å². The van der Waals surface area contributed by atoms with E-state index in [2.05, 4.69) is 5.32 Å². The van der Waals surface area contributed by atoms with Crippen LogP contribution < -0.4 is 5.32 Å². The second-order valence-corrected chi connectivity index (χ2v) is 6.13. The molecule has 2 aromatic heterocycles. The maximum atomic E-state index is 12.8. The van der Waals surface area contributed by atoms with Crippen LogP contribution in [0.15, 0.2) is 53.1 Å². The molecule has 5 heteroatoms. The van der Waals surface area contributed by atoms with Crippen LogP contribution in [0.2, 0.25) is 0 Å². The second kappa shape index (κ2) is 6.00. The van der Waals surface area contributed by atoms with Crippen molar-refractivity contribution in [1.82, 2.24) is 15.1 Å². The topological polar surface area (TPSA) is 60.1 Å². The van der Waals surface area contributed by atoms with Crippen LogP contribution in [0.1, 0.15) is 46.3 Å². The van der Waals surface area contributed by atoms with Gasteiger partial charge in [-0.3, -0.25) is 4.79 Å². The van der Waals surface area contributed by atoms with Crippen LogP contribution in [0.25, 0.3) is 5.69 Å². The van der Waals surface area contributed by atoms with Gasteiger partial charge in [-0.2, -0.15) is 5.10 Å². The van der Waals surface area contributed by atoms with E-state index in [0.29, 0.717) is 18.0 Å². The van der Waals surface area contributed by atoms with Crippen LogP contribution in [0.3, 0.4) is 0 Å². The van der Waals surface area contributed by atoms with Crippen molar-refractivity contribution in [1.29, 1.82) is 0 Å². The van der Waals surface area contributed by atoms with Gasteiger partial charge in [0.25, 0.3) is 5.91 Å². The van der Waals surface area contributed by atoms with Crippen LogP contribution in [-0.2, 0) is 6.54 Å². The van der Waals surface area contributed by atoms with Crippen LogP contribution in [0, 0.1) is 6.92 Å². The molecule has 2 heterocycles. The van der Waals surface area contributed by atoms with E-state index in [-0.39, 0.29) is 5.91 Å². The summed E-state index contributed by atoms with van der Waals surface area (Å²) in [5.41, 5.74) is 3.46. The number of hydrogen-bond acceptors (Lipinski definition) is 3. The van der Waals surface area contributed by atoms with E-state index in [9.17, 15) is 4.79 Å². The zero-order valence-electron chi connectivity index (χ0n) is 13.5. The lowest BCUT2D eigenvalue weighted by Crippen LogP contribution is -2.24. The largest absolute Gasteiger partial charge is 0.467 e. The lowest BCUT2D eigenvalue weighted by Gasteiger charge is -2.06. The van der Waals surface area contributed by atoms with E-state index in [1.54, 1.807) is 6.26 Å². The van der Waals surface area contributed by atoms with Crippen molar-refractivity contribution >= 4 is 5.91 Å². The predicted octanol–water partition coefficient (Wildman–Crippen LogP) is 3.58. The zero-order valence-corrected chi connectivity index (χ0v) is 13.5. The Morgan fingerprint density at radius 3 is 2.71 bits per heavy atom. The first-order chi connectivity index (χ1) is 11.7. The minimum Gasteiger partial charge on any atom is -0.467 e. The summed E-state index contributed by atoms with van der Waals surface area (Å²) in [6, 6.07) is 13.6. The van der Waals surface area contributed by atoms with E-state index < -0.39 is 0 Å². The number of aromatic nitrogens is 2. The van der Waals surface area contributed by atoms with Gasteiger partial charge in [0.15, 0.2) is 0 Å². The monoisotopic (exact) mass is 321 g/mol. The van der Waals surface area contributed by atoms with Crippen molar-refractivity contribution in [3.8, 4) is 5.69 Å². The average molecular weight is 321 g/mol. The number of carbonyl (C=O) groups excluding carboxylic acids is 1. The van der Waals surface area contributed by atoms with Crippen molar-refractivity contribution in [2.75, 3.05) is 0 Å². The first-order valence-corrected chi connectivity index (χ1v) is 8.19.